The maximum atomic E-state index is 6.13. The summed E-state index contributed by atoms with van der Waals surface area (Å²) in [6, 6.07) is 10.3. The van der Waals surface area contributed by atoms with E-state index in [9.17, 15) is 0 Å². The smallest absolute Gasteiger partial charge is 0.0820 e. The highest BCUT2D eigenvalue weighted by Gasteiger charge is 2.24. The molecule has 1 aromatic carbocycles. The zero-order chi connectivity index (χ0) is 15.2. The summed E-state index contributed by atoms with van der Waals surface area (Å²) >= 11 is 0. The molecule has 0 saturated carbocycles. The second-order valence-corrected chi connectivity index (χ2v) is 7.62. The standard InChI is InChI=1S/C18H30O2/c1-17(2,3)12-16(20-18(4,5)6)14-19-13-15-10-8-7-9-11-15/h7-11,16H,12-14H2,1-6H3. The highest BCUT2D eigenvalue weighted by Crippen LogP contribution is 2.25. The summed E-state index contributed by atoms with van der Waals surface area (Å²) in [5.41, 5.74) is 1.32. The van der Waals surface area contributed by atoms with Crippen LogP contribution in [0.5, 0.6) is 0 Å². The van der Waals surface area contributed by atoms with Crippen LogP contribution < -0.4 is 0 Å². The fourth-order valence-corrected chi connectivity index (χ4v) is 2.20. The van der Waals surface area contributed by atoms with Crippen molar-refractivity contribution in [3.05, 3.63) is 35.9 Å². The third-order valence-electron chi connectivity index (χ3n) is 2.78. The summed E-state index contributed by atoms with van der Waals surface area (Å²) in [7, 11) is 0. The average Bonchev–Trinajstić information content (AvgIpc) is 2.25. The molecule has 0 radical (unpaired) electrons. The van der Waals surface area contributed by atoms with E-state index in [2.05, 4.69) is 53.7 Å². The molecule has 0 aromatic heterocycles. The molecule has 0 saturated heterocycles. The Bertz CT molecular complexity index is 355. The molecule has 0 fully saturated rings. The van der Waals surface area contributed by atoms with Crippen molar-refractivity contribution in [2.24, 2.45) is 5.41 Å². The quantitative estimate of drug-likeness (QED) is 0.742. The van der Waals surface area contributed by atoms with Crippen molar-refractivity contribution in [3.8, 4) is 0 Å². The SMILES string of the molecule is CC(C)(C)CC(COCc1ccccc1)OC(C)(C)C. The Hall–Kier alpha value is -0.860. The number of rotatable bonds is 6. The van der Waals surface area contributed by atoms with Crippen LogP contribution in [0, 0.1) is 5.41 Å². The molecule has 20 heavy (non-hydrogen) atoms. The molecular weight excluding hydrogens is 248 g/mol. The largest absolute Gasteiger partial charge is 0.374 e. The van der Waals surface area contributed by atoms with Gasteiger partial charge in [0.15, 0.2) is 0 Å². The Kier molecular flexibility index (Phi) is 6.22. The lowest BCUT2D eigenvalue weighted by Crippen LogP contribution is -2.33. The highest BCUT2D eigenvalue weighted by atomic mass is 16.5. The number of ether oxygens (including phenoxy) is 2. The summed E-state index contributed by atoms with van der Waals surface area (Å²) in [4.78, 5) is 0. The maximum absolute atomic E-state index is 6.13. The van der Waals surface area contributed by atoms with Crippen LogP contribution in [0.25, 0.3) is 0 Å². The minimum absolute atomic E-state index is 0.133. The minimum atomic E-state index is -0.133. The number of hydrogen-bond donors (Lipinski definition) is 0. The molecule has 0 heterocycles. The number of benzene rings is 1. The van der Waals surface area contributed by atoms with E-state index in [1.807, 2.05) is 18.2 Å². The molecule has 0 amide bonds. The summed E-state index contributed by atoms with van der Waals surface area (Å²) in [6.45, 7) is 14.3. The first-order chi connectivity index (χ1) is 9.16. The summed E-state index contributed by atoms with van der Waals surface area (Å²) in [6.07, 6.45) is 1.14. The van der Waals surface area contributed by atoms with Gasteiger partial charge in [-0.1, -0.05) is 51.1 Å². The first kappa shape index (κ1) is 17.2. The van der Waals surface area contributed by atoms with Crippen molar-refractivity contribution in [2.45, 2.75) is 66.3 Å². The molecule has 2 heteroatoms. The van der Waals surface area contributed by atoms with Crippen molar-refractivity contribution in [1.82, 2.24) is 0 Å². The predicted molar refractivity (Wildman–Crippen MR) is 84.8 cm³/mol. The topological polar surface area (TPSA) is 18.5 Å². The van der Waals surface area contributed by atoms with Gasteiger partial charge in [-0.2, -0.15) is 0 Å². The lowest BCUT2D eigenvalue weighted by atomic mass is 9.89. The maximum Gasteiger partial charge on any atom is 0.0820 e. The van der Waals surface area contributed by atoms with Crippen LogP contribution in [0.2, 0.25) is 0 Å². The van der Waals surface area contributed by atoms with Crippen molar-refractivity contribution < 1.29 is 9.47 Å². The van der Waals surface area contributed by atoms with Gasteiger partial charge in [0.1, 0.15) is 0 Å². The van der Waals surface area contributed by atoms with Gasteiger partial charge in [-0.3, -0.25) is 0 Å². The van der Waals surface area contributed by atoms with Crippen molar-refractivity contribution in [3.63, 3.8) is 0 Å². The van der Waals surface area contributed by atoms with E-state index >= 15 is 0 Å². The third-order valence-corrected chi connectivity index (χ3v) is 2.78. The van der Waals surface area contributed by atoms with E-state index in [0.29, 0.717) is 13.2 Å². The Morgan fingerprint density at radius 3 is 2.05 bits per heavy atom. The monoisotopic (exact) mass is 278 g/mol. The Morgan fingerprint density at radius 1 is 0.950 bits per heavy atom. The Morgan fingerprint density at radius 2 is 1.55 bits per heavy atom. The second-order valence-electron chi connectivity index (χ2n) is 7.62. The summed E-state index contributed by atoms with van der Waals surface area (Å²) in [5.74, 6) is 0. The van der Waals surface area contributed by atoms with Gasteiger partial charge in [0.25, 0.3) is 0 Å². The fourth-order valence-electron chi connectivity index (χ4n) is 2.20. The van der Waals surface area contributed by atoms with E-state index in [0.717, 1.165) is 6.42 Å². The van der Waals surface area contributed by atoms with Crippen LogP contribution >= 0.6 is 0 Å². The first-order valence-corrected chi connectivity index (χ1v) is 7.45. The van der Waals surface area contributed by atoms with Gasteiger partial charge >= 0.3 is 0 Å². The van der Waals surface area contributed by atoms with E-state index < -0.39 is 0 Å². The molecule has 1 unspecified atom stereocenters. The van der Waals surface area contributed by atoms with Crippen molar-refractivity contribution in [1.29, 1.82) is 0 Å². The second kappa shape index (κ2) is 7.24. The van der Waals surface area contributed by atoms with E-state index in [4.69, 9.17) is 9.47 Å². The zero-order valence-corrected chi connectivity index (χ0v) is 13.9. The normalized spacial score (nSPS) is 14.3. The molecule has 0 spiro atoms. The lowest BCUT2D eigenvalue weighted by molar-refractivity contribution is -0.107. The molecule has 1 atom stereocenters. The van der Waals surface area contributed by atoms with Crippen molar-refractivity contribution in [2.75, 3.05) is 6.61 Å². The molecular formula is C18H30O2. The molecule has 2 nitrogen and oxygen atoms in total. The predicted octanol–water partition coefficient (Wildman–Crippen LogP) is 4.82. The first-order valence-electron chi connectivity index (χ1n) is 7.45. The van der Waals surface area contributed by atoms with Gasteiger partial charge < -0.3 is 9.47 Å². The van der Waals surface area contributed by atoms with E-state index in [-0.39, 0.29) is 17.1 Å². The molecule has 0 N–H and O–H groups in total. The van der Waals surface area contributed by atoms with Gasteiger partial charge in [-0.15, -0.1) is 0 Å². The molecule has 114 valence electrons. The molecule has 1 aromatic rings. The number of hydrogen-bond acceptors (Lipinski definition) is 2. The van der Waals surface area contributed by atoms with Crippen LogP contribution in [-0.2, 0) is 16.1 Å². The van der Waals surface area contributed by atoms with Gasteiger partial charge in [0, 0.05) is 0 Å². The van der Waals surface area contributed by atoms with Crippen LogP contribution in [-0.4, -0.2) is 18.3 Å². The molecule has 0 bridgehead atoms. The van der Waals surface area contributed by atoms with Gasteiger partial charge in [-0.25, -0.2) is 0 Å². The van der Waals surface area contributed by atoms with Crippen LogP contribution in [0.1, 0.15) is 53.5 Å². The average molecular weight is 278 g/mol. The van der Waals surface area contributed by atoms with Gasteiger partial charge in [-0.05, 0) is 38.2 Å². The van der Waals surface area contributed by atoms with E-state index in [1.165, 1.54) is 5.56 Å². The Balaban J connectivity index is 2.48. The minimum Gasteiger partial charge on any atom is -0.374 e. The molecule has 1 rings (SSSR count). The summed E-state index contributed by atoms with van der Waals surface area (Å²) in [5, 5.41) is 0. The Labute approximate surface area is 124 Å². The highest BCUT2D eigenvalue weighted by molar-refractivity contribution is 5.13. The van der Waals surface area contributed by atoms with Crippen LogP contribution in [0.4, 0.5) is 0 Å². The van der Waals surface area contributed by atoms with Gasteiger partial charge in [0.2, 0.25) is 0 Å². The lowest BCUT2D eigenvalue weighted by Gasteiger charge is -2.32. The van der Waals surface area contributed by atoms with Crippen molar-refractivity contribution >= 4 is 0 Å². The molecule has 0 aliphatic heterocycles. The van der Waals surface area contributed by atoms with Crippen LogP contribution in [0.3, 0.4) is 0 Å². The zero-order valence-electron chi connectivity index (χ0n) is 13.9. The molecule has 0 aliphatic rings. The van der Waals surface area contributed by atoms with Crippen LogP contribution in [0.15, 0.2) is 30.3 Å². The van der Waals surface area contributed by atoms with Gasteiger partial charge in [0.05, 0.1) is 24.9 Å². The fraction of sp³-hybridized carbons (Fsp3) is 0.667. The summed E-state index contributed by atoms with van der Waals surface area (Å²) < 4.78 is 12.0. The van der Waals surface area contributed by atoms with E-state index in [1.54, 1.807) is 0 Å². The third kappa shape index (κ3) is 8.34. The molecule has 0 aliphatic carbocycles.